The SMILES string of the molecule is O=S(=O)(c1ccccc1)c1c(OCCCN2CCCCC2)sc2c1CCNC2. The fourth-order valence-electron chi connectivity index (χ4n) is 4.00. The molecule has 0 radical (unpaired) electrons. The third-order valence-corrected chi connectivity index (χ3v) is 8.61. The molecule has 0 unspecified atom stereocenters. The van der Waals surface area contributed by atoms with Crippen molar-refractivity contribution in [3.05, 3.63) is 40.8 Å². The normalized spacial score (nSPS) is 18.0. The second-order valence-corrected chi connectivity index (χ2v) is 10.4. The lowest BCUT2D eigenvalue weighted by atomic mass is 10.1. The maximum Gasteiger partial charge on any atom is 0.211 e. The summed E-state index contributed by atoms with van der Waals surface area (Å²) in [5, 5.41) is 3.90. The second-order valence-electron chi connectivity index (χ2n) is 7.47. The van der Waals surface area contributed by atoms with Crippen LogP contribution >= 0.6 is 11.3 Å². The zero-order valence-corrected chi connectivity index (χ0v) is 17.8. The van der Waals surface area contributed by atoms with Gasteiger partial charge in [-0.15, -0.1) is 11.3 Å². The molecule has 0 spiro atoms. The van der Waals surface area contributed by atoms with Gasteiger partial charge in [0.25, 0.3) is 0 Å². The van der Waals surface area contributed by atoms with Gasteiger partial charge in [-0.1, -0.05) is 24.6 Å². The standard InChI is InChI=1S/C21H28N2O3S2/c24-28(25,17-8-3-1-4-9-17)20-18-10-11-22-16-19(18)27-21(20)26-15-7-14-23-12-5-2-6-13-23/h1,3-4,8-9,22H,2,5-7,10-16H2. The van der Waals surface area contributed by atoms with E-state index in [2.05, 4.69) is 10.2 Å². The Bertz CT molecular complexity index is 888. The summed E-state index contributed by atoms with van der Waals surface area (Å²) in [5.74, 6) is 0. The monoisotopic (exact) mass is 420 g/mol. The number of hydrogen-bond acceptors (Lipinski definition) is 6. The molecule has 2 aliphatic rings. The molecule has 3 heterocycles. The first kappa shape index (κ1) is 19.9. The van der Waals surface area contributed by atoms with Crippen LogP contribution in [0.2, 0.25) is 0 Å². The molecule has 28 heavy (non-hydrogen) atoms. The van der Waals surface area contributed by atoms with Gasteiger partial charge in [0.1, 0.15) is 4.90 Å². The van der Waals surface area contributed by atoms with Crippen molar-refractivity contribution in [3.63, 3.8) is 0 Å². The molecular formula is C21H28N2O3S2. The van der Waals surface area contributed by atoms with Crippen LogP contribution < -0.4 is 10.1 Å². The van der Waals surface area contributed by atoms with Crippen molar-refractivity contribution in [1.82, 2.24) is 10.2 Å². The molecule has 1 saturated heterocycles. The minimum atomic E-state index is -3.58. The number of ether oxygens (including phenoxy) is 1. The number of likely N-dealkylation sites (tertiary alicyclic amines) is 1. The highest BCUT2D eigenvalue weighted by Crippen LogP contribution is 2.42. The number of piperidine rings is 1. The van der Waals surface area contributed by atoms with E-state index in [0.29, 0.717) is 28.0 Å². The van der Waals surface area contributed by atoms with Crippen LogP contribution in [0.3, 0.4) is 0 Å². The zero-order chi connectivity index (χ0) is 19.4. The largest absolute Gasteiger partial charge is 0.483 e. The Kier molecular flexibility index (Phi) is 6.35. The van der Waals surface area contributed by atoms with Gasteiger partial charge in [0.2, 0.25) is 9.84 Å². The molecule has 4 rings (SSSR count). The van der Waals surface area contributed by atoms with E-state index >= 15 is 0 Å². The smallest absolute Gasteiger partial charge is 0.211 e. The van der Waals surface area contributed by atoms with Gasteiger partial charge in [-0.25, -0.2) is 8.42 Å². The van der Waals surface area contributed by atoms with E-state index in [1.165, 1.54) is 43.7 Å². The number of fused-ring (bicyclic) bond motifs is 1. The maximum atomic E-state index is 13.4. The number of rotatable bonds is 7. The number of sulfone groups is 1. The second kappa shape index (κ2) is 8.95. The van der Waals surface area contributed by atoms with E-state index in [9.17, 15) is 8.42 Å². The van der Waals surface area contributed by atoms with Crippen molar-refractivity contribution in [2.45, 2.75) is 48.4 Å². The number of thiophene rings is 1. The van der Waals surface area contributed by atoms with Crippen molar-refractivity contribution in [1.29, 1.82) is 0 Å². The van der Waals surface area contributed by atoms with Crippen molar-refractivity contribution in [2.75, 3.05) is 32.8 Å². The summed E-state index contributed by atoms with van der Waals surface area (Å²) in [6.45, 7) is 5.44. The number of nitrogens with one attached hydrogen (secondary N) is 1. The van der Waals surface area contributed by atoms with Crippen LogP contribution in [0.5, 0.6) is 5.06 Å². The van der Waals surface area contributed by atoms with Crippen molar-refractivity contribution in [3.8, 4) is 5.06 Å². The van der Waals surface area contributed by atoms with Gasteiger partial charge in [-0.2, -0.15) is 0 Å². The Morgan fingerprint density at radius 3 is 2.68 bits per heavy atom. The van der Waals surface area contributed by atoms with E-state index in [0.717, 1.165) is 36.4 Å². The van der Waals surface area contributed by atoms with E-state index in [1.807, 2.05) is 6.07 Å². The number of benzene rings is 1. The highest BCUT2D eigenvalue weighted by atomic mass is 32.2. The summed E-state index contributed by atoms with van der Waals surface area (Å²) in [5.41, 5.74) is 0.943. The first-order chi connectivity index (χ1) is 13.7. The molecule has 7 heteroatoms. The van der Waals surface area contributed by atoms with Crippen molar-refractivity contribution < 1.29 is 13.2 Å². The Morgan fingerprint density at radius 2 is 1.89 bits per heavy atom. The summed E-state index contributed by atoms with van der Waals surface area (Å²) in [4.78, 5) is 4.31. The van der Waals surface area contributed by atoms with Gasteiger partial charge in [-0.05, 0) is 63.0 Å². The topological polar surface area (TPSA) is 58.6 Å². The quantitative estimate of drug-likeness (QED) is 0.695. The predicted octanol–water partition coefficient (Wildman–Crippen LogP) is 3.48. The third-order valence-electron chi connectivity index (χ3n) is 5.47. The Balaban J connectivity index is 1.53. The van der Waals surface area contributed by atoms with Gasteiger partial charge in [0.05, 0.1) is 11.5 Å². The molecule has 1 aromatic carbocycles. The molecule has 0 bridgehead atoms. The lowest BCUT2D eigenvalue weighted by molar-refractivity contribution is 0.205. The van der Waals surface area contributed by atoms with Crippen LogP contribution in [0.15, 0.2) is 40.1 Å². The molecule has 1 N–H and O–H groups in total. The molecule has 152 valence electrons. The van der Waals surface area contributed by atoms with Crippen LogP contribution in [-0.4, -0.2) is 46.1 Å². The average Bonchev–Trinajstić information content (AvgIpc) is 3.12. The number of nitrogens with zero attached hydrogens (tertiary/aromatic N) is 1. The summed E-state index contributed by atoms with van der Waals surface area (Å²) in [6.07, 6.45) is 5.55. The minimum Gasteiger partial charge on any atom is -0.483 e. The summed E-state index contributed by atoms with van der Waals surface area (Å²) in [6, 6.07) is 8.71. The van der Waals surface area contributed by atoms with Gasteiger partial charge >= 0.3 is 0 Å². The fourth-order valence-corrected chi connectivity index (χ4v) is 7.18. The molecule has 1 aromatic heterocycles. The predicted molar refractivity (Wildman–Crippen MR) is 112 cm³/mol. The minimum absolute atomic E-state index is 0.340. The van der Waals surface area contributed by atoms with E-state index < -0.39 is 9.84 Å². The summed E-state index contributed by atoms with van der Waals surface area (Å²) in [7, 11) is -3.58. The first-order valence-corrected chi connectivity index (χ1v) is 12.5. The van der Waals surface area contributed by atoms with E-state index in [-0.39, 0.29) is 0 Å². The summed E-state index contributed by atoms with van der Waals surface area (Å²) >= 11 is 1.49. The first-order valence-electron chi connectivity index (χ1n) is 10.2. The maximum absolute atomic E-state index is 13.4. The molecular weight excluding hydrogens is 392 g/mol. The van der Waals surface area contributed by atoms with Crippen LogP contribution in [0.1, 0.15) is 36.1 Å². The molecule has 1 fully saturated rings. The van der Waals surface area contributed by atoms with Crippen LogP contribution in [0.4, 0.5) is 0 Å². The Labute approximate surface area is 171 Å². The highest BCUT2D eigenvalue weighted by Gasteiger charge is 2.31. The van der Waals surface area contributed by atoms with E-state index in [1.54, 1.807) is 24.3 Å². The molecule has 0 atom stereocenters. The van der Waals surface area contributed by atoms with Gasteiger partial charge in [0.15, 0.2) is 5.06 Å². The Hall–Kier alpha value is -1.41. The molecule has 5 nitrogen and oxygen atoms in total. The number of hydrogen-bond donors (Lipinski definition) is 1. The molecule has 2 aromatic rings. The van der Waals surface area contributed by atoms with Gasteiger partial charge in [-0.3, -0.25) is 0 Å². The highest BCUT2D eigenvalue weighted by molar-refractivity contribution is 7.91. The third kappa shape index (κ3) is 4.27. The van der Waals surface area contributed by atoms with Crippen LogP contribution in [0, 0.1) is 0 Å². The zero-order valence-electron chi connectivity index (χ0n) is 16.2. The van der Waals surface area contributed by atoms with Crippen molar-refractivity contribution >= 4 is 21.2 Å². The average molecular weight is 421 g/mol. The van der Waals surface area contributed by atoms with Gasteiger partial charge in [0, 0.05) is 18.0 Å². The summed E-state index contributed by atoms with van der Waals surface area (Å²) < 4.78 is 32.8. The lowest BCUT2D eigenvalue weighted by Gasteiger charge is -2.26. The van der Waals surface area contributed by atoms with Crippen molar-refractivity contribution in [2.24, 2.45) is 0 Å². The molecule has 0 aliphatic carbocycles. The fraction of sp³-hybridized carbons (Fsp3) is 0.524. The molecule has 0 amide bonds. The molecule has 0 saturated carbocycles. The lowest BCUT2D eigenvalue weighted by Crippen LogP contribution is -2.31. The van der Waals surface area contributed by atoms with Gasteiger partial charge < -0.3 is 15.0 Å². The van der Waals surface area contributed by atoms with E-state index in [4.69, 9.17) is 4.74 Å². The molecule has 2 aliphatic heterocycles. The van der Waals surface area contributed by atoms with Crippen LogP contribution in [0.25, 0.3) is 0 Å². The Morgan fingerprint density at radius 1 is 1.11 bits per heavy atom. The van der Waals surface area contributed by atoms with Crippen LogP contribution in [-0.2, 0) is 22.8 Å².